The molecular formula is C14H10ClFN2O3. The van der Waals surface area contributed by atoms with Gasteiger partial charge in [-0.25, -0.2) is 0 Å². The lowest BCUT2D eigenvalue weighted by Crippen LogP contribution is -2.13. The third-order valence-corrected chi connectivity index (χ3v) is 3.08. The molecule has 0 unspecified atom stereocenters. The summed E-state index contributed by atoms with van der Waals surface area (Å²) in [5.74, 6) is -1.55. The van der Waals surface area contributed by atoms with E-state index in [1.165, 1.54) is 6.07 Å². The van der Waals surface area contributed by atoms with Crippen LogP contribution in [-0.2, 0) is 0 Å². The smallest absolute Gasteiger partial charge is 0.305 e. The summed E-state index contributed by atoms with van der Waals surface area (Å²) < 4.78 is 13.2. The van der Waals surface area contributed by atoms with Gasteiger partial charge in [0.2, 0.25) is 5.82 Å². The van der Waals surface area contributed by atoms with Crippen LogP contribution >= 0.6 is 11.6 Å². The van der Waals surface area contributed by atoms with Crippen LogP contribution in [0.25, 0.3) is 0 Å². The zero-order chi connectivity index (χ0) is 15.6. The molecule has 108 valence electrons. The molecule has 21 heavy (non-hydrogen) atoms. The topological polar surface area (TPSA) is 72.2 Å². The number of rotatable bonds is 3. The Hall–Kier alpha value is -2.47. The van der Waals surface area contributed by atoms with Crippen molar-refractivity contribution in [3.05, 3.63) is 68.5 Å². The van der Waals surface area contributed by atoms with Crippen molar-refractivity contribution in [1.29, 1.82) is 0 Å². The predicted octanol–water partition coefficient (Wildman–Crippen LogP) is 3.95. The minimum Gasteiger partial charge on any atom is -0.322 e. The monoisotopic (exact) mass is 308 g/mol. The Morgan fingerprint density at radius 1 is 1.29 bits per heavy atom. The van der Waals surface area contributed by atoms with Gasteiger partial charge in [0, 0.05) is 22.3 Å². The maximum absolute atomic E-state index is 13.2. The molecule has 0 spiro atoms. The summed E-state index contributed by atoms with van der Waals surface area (Å²) in [5, 5.41) is 13.8. The average Bonchev–Trinajstić information content (AvgIpc) is 2.42. The molecule has 0 saturated carbocycles. The first-order valence-electron chi connectivity index (χ1n) is 5.90. The Morgan fingerprint density at radius 3 is 2.62 bits per heavy atom. The average molecular weight is 309 g/mol. The zero-order valence-electron chi connectivity index (χ0n) is 10.9. The van der Waals surface area contributed by atoms with Crippen LogP contribution in [0.15, 0.2) is 36.4 Å². The summed E-state index contributed by atoms with van der Waals surface area (Å²) >= 11 is 5.81. The molecule has 0 atom stereocenters. The van der Waals surface area contributed by atoms with E-state index in [9.17, 15) is 19.3 Å². The second-order valence-corrected chi connectivity index (χ2v) is 4.77. The van der Waals surface area contributed by atoms with Crippen molar-refractivity contribution in [2.75, 3.05) is 5.32 Å². The van der Waals surface area contributed by atoms with Gasteiger partial charge in [-0.15, -0.1) is 0 Å². The maximum Gasteiger partial charge on any atom is 0.305 e. The predicted molar refractivity (Wildman–Crippen MR) is 77.2 cm³/mol. The van der Waals surface area contributed by atoms with Gasteiger partial charge >= 0.3 is 5.69 Å². The number of halogens is 2. The molecule has 5 nitrogen and oxygen atoms in total. The molecular weight excluding hydrogens is 299 g/mol. The van der Waals surface area contributed by atoms with Crippen molar-refractivity contribution >= 4 is 28.9 Å². The highest BCUT2D eigenvalue weighted by Gasteiger charge is 2.17. The molecule has 2 aromatic carbocycles. The number of hydrogen-bond acceptors (Lipinski definition) is 3. The summed E-state index contributed by atoms with van der Waals surface area (Å²) in [4.78, 5) is 21.8. The normalized spacial score (nSPS) is 10.2. The summed E-state index contributed by atoms with van der Waals surface area (Å²) in [6.07, 6.45) is 0. The second kappa shape index (κ2) is 5.88. The number of nitro benzene ring substituents is 1. The number of hydrogen-bond donors (Lipinski definition) is 1. The molecule has 0 radical (unpaired) electrons. The van der Waals surface area contributed by atoms with E-state index in [2.05, 4.69) is 5.32 Å². The Bertz CT molecular complexity index is 734. The number of nitrogens with one attached hydrogen (secondary N) is 1. The van der Waals surface area contributed by atoms with Crippen molar-refractivity contribution in [2.45, 2.75) is 6.92 Å². The highest BCUT2D eigenvalue weighted by atomic mass is 35.5. The fourth-order valence-electron chi connectivity index (χ4n) is 1.76. The summed E-state index contributed by atoms with van der Waals surface area (Å²) in [6.45, 7) is 1.76. The van der Waals surface area contributed by atoms with Crippen LogP contribution in [0.3, 0.4) is 0 Å². The van der Waals surface area contributed by atoms with E-state index >= 15 is 0 Å². The van der Waals surface area contributed by atoms with Crippen LogP contribution in [0.2, 0.25) is 5.02 Å². The molecule has 0 fully saturated rings. The fourth-order valence-corrected chi connectivity index (χ4v) is 1.98. The van der Waals surface area contributed by atoms with Gasteiger partial charge in [-0.3, -0.25) is 14.9 Å². The summed E-state index contributed by atoms with van der Waals surface area (Å²) in [5.41, 5.74) is 0.525. The van der Waals surface area contributed by atoms with E-state index in [0.29, 0.717) is 10.7 Å². The third-order valence-electron chi connectivity index (χ3n) is 2.84. The molecule has 0 aromatic heterocycles. The minimum absolute atomic E-state index is 0.00236. The fraction of sp³-hybridized carbons (Fsp3) is 0.0714. The first-order chi connectivity index (χ1) is 9.88. The number of amides is 1. The molecule has 0 aliphatic heterocycles. The second-order valence-electron chi connectivity index (χ2n) is 4.34. The molecule has 1 N–H and O–H groups in total. The van der Waals surface area contributed by atoms with Gasteiger partial charge in [0.15, 0.2) is 0 Å². The quantitative estimate of drug-likeness (QED) is 0.689. The van der Waals surface area contributed by atoms with Crippen LogP contribution in [-0.4, -0.2) is 10.8 Å². The van der Waals surface area contributed by atoms with Gasteiger partial charge in [0.1, 0.15) is 0 Å². The Morgan fingerprint density at radius 2 is 2.00 bits per heavy atom. The first-order valence-corrected chi connectivity index (χ1v) is 6.27. The number of carbonyl (C=O) groups is 1. The molecule has 0 saturated heterocycles. The van der Waals surface area contributed by atoms with Crippen LogP contribution in [0.4, 0.5) is 15.8 Å². The van der Waals surface area contributed by atoms with Gasteiger partial charge in [0.25, 0.3) is 5.91 Å². The number of anilines is 1. The zero-order valence-corrected chi connectivity index (χ0v) is 11.6. The van der Waals surface area contributed by atoms with E-state index in [0.717, 1.165) is 17.7 Å². The van der Waals surface area contributed by atoms with Crippen molar-refractivity contribution in [1.82, 2.24) is 0 Å². The Labute approximate surface area is 124 Å². The van der Waals surface area contributed by atoms with Gasteiger partial charge in [0.05, 0.1) is 4.92 Å². The largest absolute Gasteiger partial charge is 0.322 e. The Kier molecular flexibility index (Phi) is 4.18. The summed E-state index contributed by atoms with van der Waals surface area (Å²) in [6, 6.07) is 7.87. The number of nitro groups is 1. The third kappa shape index (κ3) is 3.35. The molecule has 2 rings (SSSR count). The van der Waals surface area contributed by atoms with Gasteiger partial charge < -0.3 is 5.32 Å². The standard InChI is InChI=1S/C14H10ClFN2O3/c1-8-6-10(15)3-5-12(8)17-14(19)9-2-4-11(16)13(7-9)18(20)21/h2-7H,1H3,(H,17,19). The van der Waals surface area contributed by atoms with E-state index in [-0.39, 0.29) is 5.56 Å². The Balaban J connectivity index is 2.28. The highest BCUT2D eigenvalue weighted by Crippen LogP contribution is 2.22. The molecule has 0 aliphatic carbocycles. The molecule has 7 heteroatoms. The minimum atomic E-state index is -0.987. The summed E-state index contributed by atoms with van der Waals surface area (Å²) in [7, 11) is 0. The van der Waals surface area contributed by atoms with Crippen LogP contribution in [0.5, 0.6) is 0 Å². The van der Waals surface area contributed by atoms with Crippen molar-refractivity contribution in [2.24, 2.45) is 0 Å². The number of benzene rings is 2. The number of nitrogens with zero attached hydrogens (tertiary/aromatic N) is 1. The molecule has 1 amide bonds. The molecule has 0 heterocycles. The van der Waals surface area contributed by atoms with E-state index in [4.69, 9.17) is 11.6 Å². The van der Waals surface area contributed by atoms with Gasteiger partial charge in [-0.1, -0.05) is 11.6 Å². The lowest BCUT2D eigenvalue weighted by molar-refractivity contribution is -0.387. The SMILES string of the molecule is Cc1cc(Cl)ccc1NC(=O)c1ccc(F)c([N+](=O)[O-])c1. The van der Waals surface area contributed by atoms with Gasteiger partial charge in [-0.2, -0.15) is 4.39 Å². The number of aryl methyl sites for hydroxylation is 1. The number of carbonyl (C=O) groups excluding carboxylic acids is 1. The van der Waals surface area contributed by atoms with E-state index < -0.39 is 22.3 Å². The van der Waals surface area contributed by atoms with Gasteiger partial charge in [-0.05, 0) is 42.8 Å². The van der Waals surface area contributed by atoms with Crippen molar-refractivity contribution in [3.8, 4) is 0 Å². The first kappa shape index (κ1) is 14.9. The molecule has 0 aliphatic rings. The van der Waals surface area contributed by atoms with Crippen LogP contribution in [0.1, 0.15) is 15.9 Å². The molecule has 0 bridgehead atoms. The highest BCUT2D eigenvalue weighted by molar-refractivity contribution is 6.30. The maximum atomic E-state index is 13.2. The van der Waals surface area contributed by atoms with Crippen molar-refractivity contribution in [3.63, 3.8) is 0 Å². The van der Waals surface area contributed by atoms with Crippen molar-refractivity contribution < 1.29 is 14.1 Å². The van der Waals surface area contributed by atoms with Crippen LogP contribution in [0, 0.1) is 22.9 Å². The van der Waals surface area contributed by atoms with E-state index in [1.54, 1.807) is 25.1 Å². The lowest BCUT2D eigenvalue weighted by Gasteiger charge is -2.08. The lowest BCUT2D eigenvalue weighted by atomic mass is 10.1. The van der Waals surface area contributed by atoms with E-state index in [1.807, 2.05) is 0 Å². The molecule has 2 aromatic rings. The van der Waals surface area contributed by atoms with Crippen LogP contribution < -0.4 is 5.32 Å².